The Balaban J connectivity index is 1.96. The molecular formula is C28H29FN4O4. The van der Waals surface area contributed by atoms with Crippen LogP contribution in [0.25, 0.3) is 5.57 Å². The lowest BCUT2D eigenvalue weighted by atomic mass is 9.99. The number of nitrogens with one attached hydrogen (secondary N) is 2. The third kappa shape index (κ3) is 5.45. The van der Waals surface area contributed by atoms with Gasteiger partial charge in [0, 0.05) is 25.7 Å². The fraction of sp³-hybridized carbons (Fsp3) is 0.286. The van der Waals surface area contributed by atoms with Crippen molar-refractivity contribution in [3.8, 4) is 0 Å². The van der Waals surface area contributed by atoms with Gasteiger partial charge in [-0.2, -0.15) is 0 Å². The maximum atomic E-state index is 14.7. The number of nitrogens with zero attached hydrogens (tertiary/aromatic N) is 2. The molecule has 2 heterocycles. The Hall–Kier alpha value is -4.27. The minimum Gasteiger partial charge on any atom is -0.421 e. The molecule has 4 rings (SSSR count). The van der Waals surface area contributed by atoms with Gasteiger partial charge in [-0.15, -0.1) is 0 Å². The highest BCUT2D eigenvalue weighted by atomic mass is 19.1. The van der Waals surface area contributed by atoms with E-state index < -0.39 is 11.4 Å². The number of aryl methyl sites for hydroxylation is 1. The van der Waals surface area contributed by atoms with Crippen molar-refractivity contribution in [2.45, 2.75) is 46.6 Å². The first-order valence-corrected chi connectivity index (χ1v) is 12.0. The molecule has 0 aliphatic heterocycles. The first-order valence-electron chi connectivity index (χ1n) is 12.0. The molecule has 2 N–H and O–H groups in total. The van der Waals surface area contributed by atoms with Crippen molar-refractivity contribution in [2.75, 3.05) is 17.7 Å². The largest absolute Gasteiger partial charge is 0.421 e. The maximum absolute atomic E-state index is 14.7. The predicted molar refractivity (Wildman–Crippen MR) is 141 cm³/mol. The molecule has 1 fully saturated rings. The average molecular weight is 505 g/mol. The van der Waals surface area contributed by atoms with Gasteiger partial charge in [0.15, 0.2) is 12.0 Å². The normalized spacial score (nSPS) is 13.6. The van der Waals surface area contributed by atoms with E-state index in [0.29, 0.717) is 29.4 Å². The number of anilines is 3. The van der Waals surface area contributed by atoms with Gasteiger partial charge in [-0.3, -0.25) is 9.59 Å². The molecule has 192 valence electrons. The molecule has 0 unspecified atom stereocenters. The van der Waals surface area contributed by atoms with Crippen LogP contribution in [-0.2, 0) is 4.79 Å². The van der Waals surface area contributed by atoms with E-state index in [1.807, 2.05) is 14.0 Å². The number of amides is 1. The van der Waals surface area contributed by atoms with Crippen molar-refractivity contribution in [2.24, 2.45) is 0 Å². The van der Waals surface area contributed by atoms with Gasteiger partial charge in [0.25, 0.3) is 0 Å². The minimum absolute atomic E-state index is 0.0121. The van der Waals surface area contributed by atoms with Crippen LogP contribution in [0.1, 0.15) is 59.6 Å². The van der Waals surface area contributed by atoms with Crippen LogP contribution in [-0.4, -0.2) is 35.2 Å². The van der Waals surface area contributed by atoms with Gasteiger partial charge in [-0.25, -0.2) is 14.2 Å². The van der Waals surface area contributed by atoms with Crippen molar-refractivity contribution in [1.29, 1.82) is 0 Å². The van der Waals surface area contributed by atoms with Crippen molar-refractivity contribution >= 4 is 35.0 Å². The lowest BCUT2D eigenvalue weighted by Crippen LogP contribution is -2.21. The van der Waals surface area contributed by atoms with Crippen molar-refractivity contribution in [3.05, 3.63) is 86.5 Å². The number of allylic oxidation sites excluding steroid dienone is 1. The molecule has 37 heavy (non-hydrogen) atoms. The molecule has 3 aromatic rings. The molecule has 0 atom stereocenters. The van der Waals surface area contributed by atoms with Gasteiger partial charge < -0.3 is 20.0 Å². The monoisotopic (exact) mass is 504 g/mol. The van der Waals surface area contributed by atoms with E-state index in [2.05, 4.69) is 20.5 Å². The minimum atomic E-state index is -0.673. The van der Waals surface area contributed by atoms with Crippen molar-refractivity contribution < 1.29 is 18.4 Å². The number of carbonyl (C=O) groups excluding carboxylic acids is 2. The second-order valence-electron chi connectivity index (χ2n) is 9.25. The third-order valence-corrected chi connectivity index (χ3v) is 6.41. The second kappa shape index (κ2) is 10.4. The van der Waals surface area contributed by atoms with E-state index in [1.54, 1.807) is 37.3 Å². The quantitative estimate of drug-likeness (QED) is 0.407. The Morgan fingerprint density at radius 2 is 1.92 bits per heavy atom. The average Bonchev–Trinajstić information content (AvgIpc) is 3.69. The molecule has 0 radical (unpaired) electrons. The summed E-state index contributed by atoms with van der Waals surface area (Å²) in [6.07, 6.45) is 2.61. The Morgan fingerprint density at radius 1 is 1.19 bits per heavy atom. The zero-order valence-corrected chi connectivity index (χ0v) is 21.4. The highest BCUT2D eigenvalue weighted by Gasteiger charge is 2.31. The number of carbonyl (C=O) groups is 2. The number of aldehydes is 1. The summed E-state index contributed by atoms with van der Waals surface area (Å²) in [6, 6.07) is 10.0. The summed E-state index contributed by atoms with van der Waals surface area (Å²) in [5.41, 5.74) is 2.09. The molecule has 2 aromatic heterocycles. The highest BCUT2D eigenvalue weighted by molar-refractivity contribution is 5.96. The molecule has 0 saturated heterocycles. The van der Waals surface area contributed by atoms with Gasteiger partial charge in [0.1, 0.15) is 11.6 Å². The summed E-state index contributed by atoms with van der Waals surface area (Å²) in [4.78, 5) is 43.8. The van der Waals surface area contributed by atoms with E-state index in [9.17, 15) is 18.8 Å². The molecule has 1 aliphatic carbocycles. The summed E-state index contributed by atoms with van der Waals surface area (Å²) in [7, 11) is 1.93. The van der Waals surface area contributed by atoms with Crippen LogP contribution in [0.3, 0.4) is 0 Å². The fourth-order valence-corrected chi connectivity index (χ4v) is 4.16. The molecular weight excluding hydrogens is 475 g/mol. The van der Waals surface area contributed by atoms with Crippen LogP contribution in [0, 0.1) is 19.7 Å². The SMILES string of the molecule is CC(=O)Nc1cccc(/C(=C(\C)N(C)C2CC2)c2oc(=O)c(C)c(Nc3ccc(C)cc3F)c2C=O)n1. The zero-order chi connectivity index (χ0) is 26.9. The predicted octanol–water partition coefficient (Wildman–Crippen LogP) is 5.18. The van der Waals surface area contributed by atoms with E-state index in [-0.39, 0.29) is 34.2 Å². The summed E-state index contributed by atoms with van der Waals surface area (Å²) < 4.78 is 20.4. The summed E-state index contributed by atoms with van der Waals surface area (Å²) in [6.45, 7) is 6.52. The molecule has 1 aromatic carbocycles. The zero-order valence-electron chi connectivity index (χ0n) is 21.4. The molecule has 0 spiro atoms. The lowest BCUT2D eigenvalue weighted by Gasteiger charge is -2.24. The Morgan fingerprint density at radius 3 is 2.54 bits per heavy atom. The number of rotatable bonds is 8. The Labute approximate surface area is 214 Å². The number of pyridine rings is 1. The topological polar surface area (TPSA) is 105 Å². The van der Waals surface area contributed by atoms with Crippen molar-refractivity contribution in [1.82, 2.24) is 9.88 Å². The molecule has 0 bridgehead atoms. The van der Waals surface area contributed by atoms with Crippen molar-refractivity contribution in [3.63, 3.8) is 0 Å². The second-order valence-corrected chi connectivity index (χ2v) is 9.25. The van der Waals surface area contributed by atoms with Crippen LogP contribution in [0.2, 0.25) is 0 Å². The Kier molecular flexibility index (Phi) is 7.24. The number of hydrogen-bond donors (Lipinski definition) is 2. The van der Waals surface area contributed by atoms with Gasteiger partial charge in [-0.05, 0) is 63.4 Å². The van der Waals surface area contributed by atoms with E-state index in [4.69, 9.17) is 4.42 Å². The lowest BCUT2D eigenvalue weighted by molar-refractivity contribution is -0.114. The first kappa shape index (κ1) is 25.8. The van der Waals surface area contributed by atoms with Crippen LogP contribution in [0.5, 0.6) is 0 Å². The highest BCUT2D eigenvalue weighted by Crippen LogP contribution is 2.37. The summed E-state index contributed by atoms with van der Waals surface area (Å²) in [5.74, 6) is -0.482. The van der Waals surface area contributed by atoms with Crippen LogP contribution in [0.15, 0.2) is 51.3 Å². The van der Waals surface area contributed by atoms with Crippen LogP contribution < -0.4 is 16.3 Å². The smallest absolute Gasteiger partial charge is 0.341 e. The molecule has 9 heteroatoms. The number of benzene rings is 1. The molecule has 8 nitrogen and oxygen atoms in total. The summed E-state index contributed by atoms with van der Waals surface area (Å²) >= 11 is 0. The molecule has 1 saturated carbocycles. The fourth-order valence-electron chi connectivity index (χ4n) is 4.16. The Bertz CT molecular complexity index is 1470. The van der Waals surface area contributed by atoms with Gasteiger partial charge >= 0.3 is 5.63 Å². The first-order chi connectivity index (χ1) is 17.6. The molecule has 1 aliphatic rings. The van der Waals surface area contributed by atoms with Crippen LogP contribution in [0.4, 0.5) is 21.6 Å². The standard InChI is InChI=1S/C28H29FN4O4/c1-15-9-12-22(21(29)13-15)32-26-16(2)28(36)37-27(20(26)14-34)25(17(3)33(5)19-10-11-19)23-7-6-8-24(31-23)30-18(4)35/h6-9,12-14,19,32H,10-11H2,1-5H3,(H,30,31,35)/b25-17-. The number of hydrogen-bond acceptors (Lipinski definition) is 7. The van der Waals surface area contributed by atoms with Crippen LogP contribution >= 0.6 is 0 Å². The number of aromatic nitrogens is 1. The third-order valence-electron chi connectivity index (χ3n) is 6.41. The summed E-state index contributed by atoms with van der Waals surface area (Å²) in [5, 5.41) is 5.59. The number of halogens is 1. The molecule has 1 amide bonds. The van der Waals surface area contributed by atoms with E-state index in [0.717, 1.165) is 24.1 Å². The van der Waals surface area contributed by atoms with Gasteiger partial charge in [-0.1, -0.05) is 12.1 Å². The van der Waals surface area contributed by atoms with Gasteiger partial charge in [0.05, 0.1) is 33.8 Å². The maximum Gasteiger partial charge on any atom is 0.341 e. The van der Waals surface area contributed by atoms with Gasteiger partial charge in [0.2, 0.25) is 5.91 Å². The van der Waals surface area contributed by atoms with E-state index in [1.165, 1.54) is 19.9 Å². The van der Waals surface area contributed by atoms with E-state index >= 15 is 0 Å².